The minimum Gasteiger partial charge on any atom is -0.496 e. The van der Waals surface area contributed by atoms with Gasteiger partial charge in [0.15, 0.2) is 0 Å². The first-order valence-corrected chi connectivity index (χ1v) is 6.82. The summed E-state index contributed by atoms with van der Waals surface area (Å²) in [5.74, 6) is 2.65. The summed E-state index contributed by atoms with van der Waals surface area (Å²) in [6.45, 7) is 4.11. The van der Waals surface area contributed by atoms with Crippen LogP contribution in [-0.4, -0.2) is 20.0 Å². The van der Waals surface area contributed by atoms with Crippen LogP contribution in [0, 0.1) is 13.8 Å². The van der Waals surface area contributed by atoms with Crippen molar-refractivity contribution in [1.29, 1.82) is 0 Å². The van der Waals surface area contributed by atoms with E-state index < -0.39 is 0 Å². The van der Waals surface area contributed by atoms with E-state index in [0.29, 0.717) is 24.5 Å². The zero-order chi connectivity index (χ0) is 14.0. The Morgan fingerprint density at radius 3 is 2.21 bits per heavy atom. The number of benzene rings is 1. The fourth-order valence-electron chi connectivity index (χ4n) is 2.92. The first-order valence-electron chi connectivity index (χ1n) is 6.82. The second-order valence-corrected chi connectivity index (χ2v) is 5.26. The summed E-state index contributed by atoms with van der Waals surface area (Å²) in [5.41, 5.74) is 3.44. The van der Waals surface area contributed by atoms with Crippen LogP contribution in [0.5, 0.6) is 11.5 Å². The molecule has 1 aromatic rings. The molecule has 1 aromatic carbocycles. The zero-order valence-electron chi connectivity index (χ0n) is 12.2. The van der Waals surface area contributed by atoms with Gasteiger partial charge < -0.3 is 9.47 Å². The fraction of sp³-hybridized carbons (Fsp3) is 0.562. The van der Waals surface area contributed by atoms with E-state index in [2.05, 4.69) is 13.0 Å². The van der Waals surface area contributed by atoms with Crippen LogP contribution < -0.4 is 9.47 Å². The number of ketones is 1. The van der Waals surface area contributed by atoms with E-state index in [1.54, 1.807) is 14.2 Å². The molecule has 0 heterocycles. The summed E-state index contributed by atoms with van der Waals surface area (Å²) in [6, 6.07) is 2.08. The van der Waals surface area contributed by atoms with Crippen LogP contribution in [0.4, 0.5) is 0 Å². The molecule has 1 aliphatic rings. The molecule has 0 aliphatic heterocycles. The third-order valence-electron chi connectivity index (χ3n) is 4.23. The van der Waals surface area contributed by atoms with Gasteiger partial charge in [-0.25, -0.2) is 0 Å². The van der Waals surface area contributed by atoms with Crippen molar-refractivity contribution in [3.05, 3.63) is 22.8 Å². The number of carbonyl (C=O) groups excluding carboxylic acids is 1. The number of hydrogen-bond acceptors (Lipinski definition) is 3. The van der Waals surface area contributed by atoms with Crippen molar-refractivity contribution in [3.8, 4) is 11.5 Å². The molecule has 19 heavy (non-hydrogen) atoms. The van der Waals surface area contributed by atoms with Gasteiger partial charge in [-0.2, -0.15) is 0 Å². The van der Waals surface area contributed by atoms with Gasteiger partial charge in [-0.05, 0) is 49.8 Å². The van der Waals surface area contributed by atoms with Gasteiger partial charge in [0.05, 0.1) is 14.2 Å². The van der Waals surface area contributed by atoms with Crippen LogP contribution in [0.15, 0.2) is 6.07 Å². The number of rotatable bonds is 3. The Hall–Kier alpha value is -1.51. The second kappa shape index (κ2) is 5.64. The molecule has 0 saturated heterocycles. The Balaban J connectivity index is 2.43. The molecule has 0 atom stereocenters. The molecule has 3 nitrogen and oxygen atoms in total. The predicted molar refractivity (Wildman–Crippen MR) is 75.2 cm³/mol. The van der Waals surface area contributed by atoms with Crippen molar-refractivity contribution in [2.24, 2.45) is 0 Å². The lowest BCUT2D eigenvalue weighted by molar-refractivity contribution is -0.120. The molecule has 0 radical (unpaired) electrons. The van der Waals surface area contributed by atoms with Crippen LogP contribution in [0.3, 0.4) is 0 Å². The Morgan fingerprint density at radius 1 is 1.05 bits per heavy atom. The topological polar surface area (TPSA) is 35.5 Å². The third-order valence-corrected chi connectivity index (χ3v) is 4.23. The Labute approximate surface area is 114 Å². The van der Waals surface area contributed by atoms with E-state index in [9.17, 15) is 4.79 Å². The Kier molecular flexibility index (Phi) is 4.13. The molecule has 0 unspecified atom stereocenters. The molecule has 0 amide bonds. The van der Waals surface area contributed by atoms with Crippen molar-refractivity contribution in [1.82, 2.24) is 0 Å². The summed E-state index contributed by atoms with van der Waals surface area (Å²) < 4.78 is 11.1. The average molecular weight is 262 g/mol. The van der Waals surface area contributed by atoms with Gasteiger partial charge in [-0.1, -0.05) is 0 Å². The van der Waals surface area contributed by atoms with Crippen molar-refractivity contribution in [2.75, 3.05) is 14.2 Å². The summed E-state index contributed by atoms with van der Waals surface area (Å²) >= 11 is 0. The maximum Gasteiger partial charge on any atom is 0.132 e. The van der Waals surface area contributed by atoms with Gasteiger partial charge >= 0.3 is 0 Å². The van der Waals surface area contributed by atoms with Crippen molar-refractivity contribution in [3.63, 3.8) is 0 Å². The van der Waals surface area contributed by atoms with E-state index in [-0.39, 0.29) is 0 Å². The van der Waals surface area contributed by atoms with Crippen LogP contribution >= 0.6 is 0 Å². The van der Waals surface area contributed by atoms with Gasteiger partial charge in [-0.3, -0.25) is 4.79 Å². The highest BCUT2D eigenvalue weighted by Crippen LogP contribution is 2.42. The quantitative estimate of drug-likeness (QED) is 0.835. The Bertz CT molecular complexity index is 481. The highest BCUT2D eigenvalue weighted by Gasteiger charge is 2.25. The van der Waals surface area contributed by atoms with E-state index >= 15 is 0 Å². The number of ether oxygens (including phenoxy) is 2. The smallest absolute Gasteiger partial charge is 0.132 e. The lowest BCUT2D eigenvalue weighted by Crippen LogP contribution is -2.14. The van der Waals surface area contributed by atoms with Gasteiger partial charge in [0.1, 0.15) is 17.3 Å². The van der Waals surface area contributed by atoms with Gasteiger partial charge in [0, 0.05) is 18.4 Å². The molecule has 0 spiro atoms. The van der Waals surface area contributed by atoms with Crippen LogP contribution in [0.2, 0.25) is 0 Å². The van der Waals surface area contributed by atoms with Crippen LogP contribution in [-0.2, 0) is 4.79 Å². The maximum atomic E-state index is 11.4. The monoisotopic (exact) mass is 262 g/mol. The van der Waals surface area contributed by atoms with Crippen molar-refractivity contribution < 1.29 is 14.3 Å². The summed E-state index contributed by atoms with van der Waals surface area (Å²) in [4.78, 5) is 11.4. The standard InChI is InChI=1S/C16H22O3/c1-10-11(2)16(19-4)14(9-15(10)18-3)12-5-7-13(17)8-6-12/h9,12H,5-8H2,1-4H3. The summed E-state index contributed by atoms with van der Waals surface area (Å²) in [7, 11) is 3.41. The maximum absolute atomic E-state index is 11.4. The fourth-order valence-corrected chi connectivity index (χ4v) is 2.92. The predicted octanol–water partition coefficient (Wildman–Crippen LogP) is 3.55. The summed E-state index contributed by atoms with van der Waals surface area (Å²) in [6.07, 6.45) is 3.20. The number of carbonyl (C=O) groups is 1. The minimum atomic E-state index is 0.381. The lowest BCUT2D eigenvalue weighted by atomic mass is 9.82. The highest BCUT2D eigenvalue weighted by molar-refractivity contribution is 5.79. The normalized spacial score (nSPS) is 16.5. The largest absolute Gasteiger partial charge is 0.496 e. The van der Waals surface area contributed by atoms with Crippen molar-refractivity contribution >= 4 is 5.78 Å². The highest BCUT2D eigenvalue weighted by atomic mass is 16.5. The second-order valence-electron chi connectivity index (χ2n) is 5.26. The van der Waals surface area contributed by atoms with E-state index in [4.69, 9.17) is 9.47 Å². The molecular formula is C16H22O3. The van der Waals surface area contributed by atoms with E-state index in [1.165, 1.54) is 5.56 Å². The van der Waals surface area contributed by atoms with Crippen LogP contribution in [0.1, 0.15) is 48.3 Å². The SMILES string of the molecule is COc1cc(C2CCC(=O)CC2)c(OC)c(C)c1C. The van der Waals surface area contributed by atoms with E-state index in [1.807, 2.05) is 6.92 Å². The first kappa shape index (κ1) is 13.9. The Morgan fingerprint density at radius 2 is 1.68 bits per heavy atom. The molecule has 2 rings (SSSR count). The number of methoxy groups -OCH3 is 2. The van der Waals surface area contributed by atoms with Gasteiger partial charge in [-0.15, -0.1) is 0 Å². The van der Waals surface area contributed by atoms with E-state index in [0.717, 1.165) is 35.5 Å². The van der Waals surface area contributed by atoms with Gasteiger partial charge in [0.25, 0.3) is 0 Å². The van der Waals surface area contributed by atoms with Gasteiger partial charge in [0.2, 0.25) is 0 Å². The molecule has 0 N–H and O–H groups in total. The average Bonchev–Trinajstić information content (AvgIpc) is 2.42. The lowest BCUT2D eigenvalue weighted by Gasteiger charge is -2.25. The summed E-state index contributed by atoms with van der Waals surface area (Å²) in [5, 5.41) is 0. The number of Topliss-reactive ketones (excluding diaryl/α,β-unsaturated/α-hetero) is 1. The minimum absolute atomic E-state index is 0.381. The molecule has 3 heteroatoms. The molecular weight excluding hydrogens is 240 g/mol. The number of hydrogen-bond donors (Lipinski definition) is 0. The zero-order valence-corrected chi connectivity index (χ0v) is 12.2. The third kappa shape index (κ3) is 2.60. The molecule has 0 bridgehead atoms. The van der Waals surface area contributed by atoms with Crippen molar-refractivity contribution in [2.45, 2.75) is 45.4 Å². The molecule has 0 aromatic heterocycles. The van der Waals surface area contributed by atoms with Crippen LogP contribution in [0.25, 0.3) is 0 Å². The molecule has 1 aliphatic carbocycles. The molecule has 1 fully saturated rings. The molecule has 1 saturated carbocycles. The molecule has 104 valence electrons. The first-order chi connectivity index (χ1) is 9.08.